The third-order valence-corrected chi connectivity index (χ3v) is 3.69. The average molecular weight is 239 g/mol. The first-order valence-corrected chi connectivity index (χ1v) is 6.20. The summed E-state index contributed by atoms with van der Waals surface area (Å²) in [7, 11) is 0. The molecule has 0 unspecified atom stereocenters. The van der Waals surface area contributed by atoms with E-state index in [2.05, 4.69) is 0 Å². The predicted octanol–water partition coefficient (Wildman–Crippen LogP) is 3.92. The van der Waals surface area contributed by atoms with Gasteiger partial charge in [0.1, 0.15) is 0 Å². The van der Waals surface area contributed by atoms with Gasteiger partial charge in [-0.25, -0.2) is 8.78 Å². The fourth-order valence-corrected chi connectivity index (χ4v) is 2.57. The Balaban J connectivity index is 2.32. The fraction of sp³-hybridized carbons (Fsp3) is 0.571. The summed E-state index contributed by atoms with van der Waals surface area (Å²) < 4.78 is 26.6. The van der Waals surface area contributed by atoms with Crippen molar-refractivity contribution in [2.45, 2.75) is 50.5 Å². The molecule has 0 amide bonds. The molecule has 2 rings (SSSR count). The van der Waals surface area contributed by atoms with E-state index in [4.69, 9.17) is 5.73 Å². The van der Waals surface area contributed by atoms with Crippen LogP contribution in [0.15, 0.2) is 24.3 Å². The zero-order valence-corrected chi connectivity index (χ0v) is 10.2. The molecule has 0 bridgehead atoms. The minimum Gasteiger partial charge on any atom is -0.321 e. The second-order valence-electron chi connectivity index (χ2n) is 5.19. The smallest absolute Gasteiger partial charge is 0.270 e. The van der Waals surface area contributed by atoms with Crippen LogP contribution in [0, 0.1) is 0 Å². The number of benzene rings is 1. The number of alkyl halides is 2. The van der Waals surface area contributed by atoms with E-state index in [9.17, 15) is 8.78 Å². The molecule has 0 saturated heterocycles. The number of hydrogen-bond acceptors (Lipinski definition) is 1. The normalized spacial score (nSPS) is 20.2. The van der Waals surface area contributed by atoms with E-state index >= 15 is 0 Å². The Labute approximate surface area is 101 Å². The maximum Gasteiger partial charge on any atom is 0.270 e. The van der Waals surface area contributed by atoms with Crippen LogP contribution in [0.25, 0.3) is 0 Å². The molecule has 94 valence electrons. The van der Waals surface area contributed by atoms with Gasteiger partial charge in [0.15, 0.2) is 0 Å². The molecule has 3 heteroatoms. The highest BCUT2D eigenvalue weighted by atomic mass is 19.3. The van der Waals surface area contributed by atoms with Crippen LogP contribution in [0.4, 0.5) is 8.78 Å². The molecule has 0 atom stereocenters. The summed E-state index contributed by atoms with van der Waals surface area (Å²) in [5, 5.41) is 0. The first-order chi connectivity index (χ1) is 7.92. The third kappa shape index (κ3) is 2.65. The molecular weight excluding hydrogens is 220 g/mol. The molecular formula is C14H19F2N. The van der Waals surface area contributed by atoms with Gasteiger partial charge in [0.05, 0.1) is 0 Å². The van der Waals surface area contributed by atoms with E-state index in [1.54, 1.807) is 12.1 Å². The van der Waals surface area contributed by atoms with Crippen molar-refractivity contribution in [3.05, 3.63) is 35.4 Å². The van der Waals surface area contributed by atoms with Gasteiger partial charge < -0.3 is 5.73 Å². The van der Waals surface area contributed by atoms with Gasteiger partial charge in [0, 0.05) is 18.0 Å². The number of rotatable bonds is 2. The lowest BCUT2D eigenvalue weighted by Gasteiger charge is -2.34. The first-order valence-electron chi connectivity index (χ1n) is 6.20. The SMILES string of the molecule is CC(F)(F)c1cccc(C2(N)CCCCC2)c1. The summed E-state index contributed by atoms with van der Waals surface area (Å²) in [4.78, 5) is 0. The first kappa shape index (κ1) is 12.5. The molecule has 1 aliphatic rings. The summed E-state index contributed by atoms with van der Waals surface area (Å²) in [6.07, 6.45) is 5.16. The summed E-state index contributed by atoms with van der Waals surface area (Å²) in [5.74, 6) is -2.79. The van der Waals surface area contributed by atoms with Crippen LogP contribution in [0.2, 0.25) is 0 Å². The number of hydrogen-bond donors (Lipinski definition) is 1. The highest BCUT2D eigenvalue weighted by molar-refractivity contribution is 5.31. The highest BCUT2D eigenvalue weighted by Crippen LogP contribution is 2.37. The van der Waals surface area contributed by atoms with Gasteiger partial charge in [-0.2, -0.15) is 0 Å². The van der Waals surface area contributed by atoms with E-state index in [-0.39, 0.29) is 5.56 Å². The fourth-order valence-electron chi connectivity index (χ4n) is 2.57. The lowest BCUT2D eigenvalue weighted by molar-refractivity contribution is 0.0173. The van der Waals surface area contributed by atoms with Crippen molar-refractivity contribution in [2.24, 2.45) is 5.73 Å². The van der Waals surface area contributed by atoms with Gasteiger partial charge in [0.25, 0.3) is 5.92 Å². The van der Waals surface area contributed by atoms with Crippen LogP contribution >= 0.6 is 0 Å². The second kappa shape index (κ2) is 4.37. The Morgan fingerprint density at radius 3 is 2.41 bits per heavy atom. The van der Waals surface area contributed by atoms with Crippen LogP contribution in [-0.2, 0) is 11.5 Å². The van der Waals surface area contributed by atoms with Gasteiger partial charge in [0.2, 0.25) is 0 Å². The minimum absolute atomic E-state index is 0.0606. The zero-order valence-electron chi connectivity index (χ0n) is 10.2. The molecule has 0 radical (unpaired) electrons. The topological polar surface area (TPSA) is 26.0 Å². The highest BCUT2D eigenvalue weighted by Gasteiger charge is 2.31. The molecule has 0 spiro atoms. The van der Waals surface area contributed by atoms with Crippen LogP contribution in [0.3, 0.4) is 0 Å². The summed E-state index contributed by atoms with van der Waals surface area (Å²) in [6.45, 7) is 0.927. The van der Waals surface area contributed by atoms with E-state index < -0.39 is 11.5 Å². The summed E-state index contributed by atoms with van der Waals surface area (Å²) in [6, 6.07) is 6.60. The molecule has 0 heterocycles. The van der Waals surface area contributed by atoms with Crippen molar-refractivity contribution < 1.29 is 8.78 Å². The summed E-state index contributed by atoms with van der Waals surface area (Å²) >= 11 is 0. The van der Waals surface area contributed by atoms with E-state index in [1.165, 1.54) is 12.5 Å². The lowest BCUT2D eigenvalue weighted by Crippen LogP contribution is -2.38. The second-order valence-corrected chi connectivity index (χ2v) is 5.19. The van der Waals surface area contributed by atoms with Crippen LogP contribution < -0.4 is 5.73 Å². The van der Waals surface area contributed by atoms with E-state index in [1.807, 2.05) is 6.07 Å². The maximum absolute atomic E-state index is 13.3. The maximum atomic E-state index is 13.3. The largest absolute Gasteiger partial charge is 0.321 e. The van der Waals surface area contributed by atoms with E-state index in [0.29, 0.717) is 0 Å². The quantitative estimate of drug-likeness (QED) is 0.831. The summed E-state index contributed by atoms with van der Waals surface area (Å²) in [5.41, 5.74) is 6.86. The standard InChI is InChI=1S/C14H19F2N/c1-13(15,16)11-6-5-7-12(10-11)14(17)8-3-2-4-9-14/h5-7,10H,2-4,8-9,17H2,1H3. The monoisotopic (exact) mass is 239 g/mol. The molecule has 1 aromatic rings. The van der Waals surface area contributed by atoms with Crippen LogP contribution in [-0.4, -0.2) is 0 Å². The molecule has 1 aliphatic carbocycles. The Hall–Kier alpha value is -0.960. The van der Waals surface area contributed by atoms with Gasteiger partial charge >= 0.3 is 0 Å². The molecule has 17 heavy (non-hydrogen) atoms. The predicted molar refractivity (Wildman–Crippen MR) is 65.0 cm³/mol. The van der Waals surface area contributed by atoms with Crippen LogP contribution in [0.5, 0.6) is 0 Å². The van der Waals surface area contributed by atoms with E-state index in [0.717, 1.165) is 38.2 Å². The molecule has 0 aliphatic heterocycles. The molecule has 1 aromatic carbocycles. The Morgan fingerprint density at radius 2 is 1.82 bits per heavy atom. The number of halogens is 2. The van der Waals surface area contributed by atoms with Gasteiger partial charge in [-0.05, 0) is 24.5 Å². The molecule has 1 fully saturated rings. The average Bonchev–Trinajstić information content (AvgIpc) is 2.29. The van der Waals surface area contributed by atoms with Gasteiger partial charge in [-0.15, -0.1) is 0 Å². The Kier molecular flexibility index (Phi) is 3.21. The molecule has 1 saturated carbocycles. The van der Waals surface area contributed by atoms with Crippen molar-refractivity contribution in [3.63, 3.8) is 0 Å². The third-order valence-electron chi connectivity index (χ3n) is 3.69. The molecule has 1 nitrogen and oxygen atoms in total. The number of nitrogens with two attached hydrogens (primary N) is 1. The van der Waals surface area contributed by atoms with Gasteiger partial charge in [-0.3, -0.25) is 0 Å². The van der Waals surface area contributed by atoms with Gasteiger partial charge in [-0.1, -0.05) is 37.5 Å². The lowest BCUT2D eigenvalue weighted by atomic mass is 9.77. The van der Waals surface area contributed by atoms with Crippen molar-refractivity contribution in [3.8, 4) is 0 Å². The Morgan fingerprint density at radius 1 is 1.18 bits per heavy atom. The zero-order chi connectivity index (χ0) is 12.5. The minimum atomic E-state index is -2.79. The van der Waals surface area contributed by atoms with Crippen LogP contribution in [0.1, 0.15) is 50.2 Å². The van der Waals surface area contributed by atoms with Crippen molar-refractivity contribution in [1.29, 1.82) is 0 Å². The molecule has 0 aromatic heterocycles. The Bertz CT molecular complexity index is 389. The molecule has 2 N–H and O–H groups in total. The van der Waals surface area contributed by atoms with Crippen molar-refractivity contribution in [1.82, 2.24) is 0 Å². The van der Waals surface area contributed by atoms with Crippen molar-refractivity contribution in [2.75, 3.05) is 0 Å². The van der Waals surface area contributed by atoms with Crippen molar-refractivity contribution >= 4 is 0 Å².